The van der Waals surface area contributed by atoms with Crippen molar-refractivity contribution in [2.24, 2.45) is 0 Å². The minimum atomic E-state index is -0.851. The van der Waals surface area contributed by atoms with Crippen LogP contribution in [0.15, 0.2) is 24.4 Å². The number of nitrogen functional groups attached to an aromatic ring is 1. The third kappa shape index (κ3) is 2.59. The Morgan fingerprint density at radius 2 is 2.25 bits per heavy atom. The van der Waals surface area contributed by atoms with E-state index in [2.05, 4.69) is 9.97 Å². The summed E-state index contributed by atoms with van der Waals surface area (Å²) in [4.78, 5) is 17.0. The summed E-state index contributed by atoms with van der Waals surface area (Å²) >= 11 is 0. The molecule has 0 fully saturated rings. The first-order valence-electron chi connectivity index (χ1n) is 5.15. The smallest absolute Gasteiger partial charge is 0.349 e. The fourth-order valence-corrected chi connectivity index (χ4v) is 1.33. The molecular formula is C11H6FN5O3. The Morgan fingerprint density at radius 1 is 1.50 bits per heavy atom. The quantitative estimate of drug-likeness (QED) is 0.667. The standard InChI is InChI=1S/C11H6FN5O3/c12-7-3-6(4-13)1-2-9(7)20-10-8(17(18)19)5-15-11(14)16-10/h1-3,5H,(H2,14,15,16). The summed E-state index contributed by atoms with van der Waals surface area (Å²) < 4.78 is 18.7. The van der Waals surface area contributed by atoms with Gasteiger partial charge in [-0.3, -0.25) is 10.1 Å². The van der Waals surface area contributed by atoms with Gasteiger partial charge in [-0.15, -0.1) is 0 Å². The maximum atomic E-state index is 13.6. The Morgan fingerprint density at radius 3 is 2.85 bits per heavy atom. The van der Waals surface area contributed by atoms with Crippen molar-refractivity contribution in [1.82, 2.24) is 9.97 Å². The van der Waals surface area contributed by atoms with Crippen LogP contribution in [0.3, 0.4) is 0 Å². The van der Waals surface area contributed by atoms with Crippen LogP contribution in [-0.2, 0) is 0 Å². The second-order valence-corrected chi connectivity index (χ2v) is 3.53. The van der Waals surface area contributed by atoms with Crippen molar-refractivity contribution in [2.75, 3.05) is 5.73 Å². The number of hydrogen-bond acceptors (Lipinski definition) is 7. The summed E-state index contributed by atoms with van der Waals surface area (Å²) in [5, 5.41) is 19.4. The first kappa shape index (κ1) is 13.2. The fraction of sp³-hybridized carbons (Fsp3) is 0. The monoisotopic (exact) mass is 275 g/mol. The summed E-state index contributed by atoms with van der Waals surface area (Å²) in [5.41, 5.74) is 4.84. The molecule has 1 aromatic carbocycles. The zero-order valence-electron chi connectivity index (χ0n) is 9.78. The number of aromatic nitrogens is 2. The van der Waals surface area contributed by atoms with Crippen LogP contribution < -0.4 is 10.5 Å². The van der Waals surface area contributed by atoms with Crippen LogP contribution in [0.4, 0.5) is 16.0 Å². The van der Waals surface area contributed by atoms with E-state index in [4.69, 9.17) is 15.7 Å². The van der Waals surface area contributed by atoms with Crippen LogP contribution in [0.25, 0.3) is 0 Å². The lowest BCUT2D eigenvalue weighted by Crippen LogP contribution is -2.02. The van der Waals surface area contributed by atoms with E-state index >= 15 is 0 Å². The molecule has 0 radical (unpaired) electrons. The summed E-state index contributed by atoms with van der Waals surface area (Å²) in [6, 6.07) is 5.15. The Hall–Kier alpha value is -3.28. The molecule has 2 rings (SSSR count). The van der Waals surface area contributed by atoms with E-state index in [1.807, 2.05) is 0 Å². The van der Waals surface area contributed by atoms with Crippen molar-refractivity contribution in [3.05, 3.63) is 45.9 Å². The van der Waals surface area contributed by atoms with Crippen molar-refractivity contribution in [2.45, 2.75) is 0 Å². The fourth-order valence-electron chi connectivity index (χ4n) is 1.33. The van der Waals surface area contributed by atoms with Gasteiger partial charge < -0.3 is 10.5 Å². The van der Waals surface area contributed by atoms with E-state index in [-0.39, 0.29) is 17.3 Å². The van der Waals surface area contributed by atoms with E-state index in [0.717, 1.165) is 18.3 Å². The van der Waals surface area contributed by atoms with Gasteiger partial charge in [-0.2, -0.15) is 10.2 Å². The average molecular weight is 275 g/mol. The second-order valence-electron chi connectivity index (χ2n) is 3.53. The molecule has 0 spiro atoms. The average Bonchev–Trinajstić information content (AvgIpc) is 2.40. The predicted octanol–water partition coefficient (Wildman–Crippen LogP) is 1.77. The van der Waals surface area contributed by atoms with Crippen molar-refractivity contribution in [1.29, 1.82) is 5.26 Å². The van der Waals surface area contributed by atoms with Gasteiger partial charge in [0.1, 0.15) is 6.20 Å². The zero-order valence-corrected chi connectivity index (χ0v) is 9.78. The van der Waals surface area contributed by atoms with Gasteiger partial charge in [-0.05, 0) is 18.2 Å². The van der Waals surface area contributed by atoms with E-state index in [1.165, 1.54) is 6.07 Å². The van der Waals surface area contributed by atoms with E-state index < -0.39 is 22.3 Å². The summed E-state index contributed by atoms with van der Waals surface area (Å²) in [6.07, 6.45) is 0.860. The van der Waals surface area contributed by atoms with Crippen molar-refractivity contribution in [3.63, 3.8) is 0 Å². The van der Waals surface area contributed by atoms with E-state index in [9.17, 15) is 14.5 Å². The molecule has 20 heavy (non-hydrogen) atoms. The molecule has 0 saturated carbocycles. The number of ether oxygens (including phenoxy) is 1. The van der Waals surface area contributed by atoms with Crippen LogP contribution >= 0.6 is 0 Å². The first-order valence-corrected chi connectivity index (χ1v) is 5.15. The molecule has 0 amide bonds. The number of nitrogens with two attached hydrogens (primary N) is 1. The molecule has 0 aliphatic carbocycles. The van der Waals surface area contributed by atoms with Gasteiger partial charge in [0, 0.05) is 0 Å². The number of hydrogen-bond donors (Lipinski definition) is 1. The maximum Gasteiger partial charge on any atom is 0.349 e. The number of nitrogens with zero attached hydrogens (tertiary/aromatic N) is 4. The van der Waals surface area contributed by atoms with Crippen LogP contribution in [0, 0.1) is 27.3 Å². The van der Waals surface area contributed by atoms with E-state index in [0.29, 0.717) is 0 Å². The molecule has 0 unspecified atom stereocenters. The van der Waals surface area contributed by atoms with Gasteiger partial charge in [-0.25, -0.2) is 9.37 Å². The topological polar surface area (TPSA) is 128 Å². The highest BCUT2D eigenvalue weighted by Gasteiger charge is 2.20. The molecule has 0 aliphatic heterocycles. The van der Waals surface area contributed by atoms with Gasteiger partial charge in [-0.1, -0.05) is 0 Å². The Kier molecular flexibility index (Phi) is 3.39. The predicted molar refractivity (Wildman–Crippen MR) is 64.3 cm³/mol. The summed E-state index contributed by atoms with van der Waals surface area (Å²) in [5.74, 6) is -1.90. The van der Waals surface area contributed by atoms with Crippen molar-refractivity contribution < 1.29 is 14.1 Å². The normalized spacial score (nSPS) is 9.80. The lowest BCUT2D eigenvalue weighted by Gasteiger charge is -2.06. The van der Waals surface area contributed by atoms with Crippen LogP contribution in [0.1, 0.15) is 5.56 Å². The molecule has 0 bridgehead atoms. The SMILES string of the molecule is N#Cc1ccc(Oc2nc(N)ncc2[N+](=O)[O-])c(F)c1. The molecule has 0 saturated heterocycles. The Labute approximate surface area is 111 Å². The van der Waals surface area contributed by atoms with Gasteiger partial charge in [0.2, 0.25) is 5.95 Å². The van der Waals surface area contributed by atoms with Crippen LogP contribution in [0.5, 0.6) is 11.6 Å². The summed E-state index contributed by atoms with van der Waals surface area (Å²) in [7, 11) is 0. The molecule has 0 atom stereocenters. The molecule has 2 aromatic rings. The number of halogens is 1. The minimum absolute atomic E-state index is 0.0894. The largest absolute Gasteiger partial charge is 0.430 e. The van der Waals surface area contributed by atoms with Crippen LogP contribution in [-0.4, -0.2) is 14.9 Å². The maximum absolute atomic E-state index is 13.6. The molecule has 100 valence electrons. The number of nitro groups is 1. The van der Waals surface area contributed by atoms with Gasteiger partial charge >= 0.3 is 11.6 Å². The van der Waals surface area contributed by atoms with Crippen molar-refractivity contribution >= 4 is 11.6 Å². The second kappa shape index (κ2) is 5.15. The highest BCUT2D eigenvalue weighted by molar-refractivity contribution is 5.45. The number of rotatable bonds is 3. The first-order chi connectivity index (χ1) is 9.51. The molecule has 0 aliphatic rings. The molecule has 2 N–H and O–H groups in total. The molecule has 1 heterocycles. The zero-order chi connectivity index (χ0) is 14.7. The van der Waals surface area contributed by atoms with Crippen molar-refractivity contribution in [3.8, 4) is 17.7 Å². The number of anilines is 1. The number of benzene rings is 1. The lowest BCUT2D eigenvalue weighted by atomic mass is 10.2. The third-order valence-electron chi connectivity index (χ3n) is 2.22. The van der Waals surface area contributed by atoms with Gasteiger partial charge in [0.25, 0.3) is 0 Å². The highest BCUT2D eigenvalue weighted by atomic mass is 19.1. The molecular weight excluding hydrogens is 269 g/mol. The Balaban J connectivity index is 2.42. The summed E-state index contributed by atoms with van der Waals surface area (Å²) in [6.45, 7) is 0. The highest BCUT2D eigenvalue weighted by Crippen LogP contribution is 2.30. The number of nitriles is 1. The molecule has 1 aromatic heterocycles. The molecule has 8 nitrogen and oxygen atoms in total. The van der Waals surface area contributed by atoms with E-state index in [1.54, 1.807) is 6.07 Å². The third-order valence-corrected chi connectivity index (χ3v) is 2.22. The minimum Gasteiger partial charge on any atom is -0.430 e. The molecule has 9 heteroatoms. The Bertz CT molecular complexity index is 728. The van der Waals surface area contributed by atoms with Gasteiger partial charge in [0.05, 0.1) is 16.6 Å². The lowest BCUT2D eigenvalue weighted by molar-refractivity contribution is -0.386. The van der Waals surface area contributed by atoms with Crippen LogP contribution in [0.2, 0.25) is 0 Å². The van der Waals surface area contributed by atoms with Gasteiger partial charge in [0.15, 0.2) is 11.6 Å².